The van der Waals surface area contributed by atoms with Crippen molar-refractivity contribution in [1.29, 1.82) is 0 Å². The van der Waals surface area contributed by atoms with Gasteiger partial charge < -0.3 is 11.2 Å². The maximum atomic E-state index is 12.4. The quantitative estimate of drug-likeness (QED) is 0.507. The lowest BCUT2D eigenvalue weighted by atomic mass is 10.2. The average Bonchev–Trinajstić information content (AvgIpc) is 2.60. The zero-order chi connectivity index (χ0) is 17.8. The molecule has 0 saturated carbocycles. The Kier molecular flexibility index (Phi) is 5.47. The number of halogens is 2. The van der Waals surface area contributed by atoms with Crippen molar-refractivity contribution in [2.45, 2.75) is 10.9 Å². The highest BCUT2D eigenvalue weighted by atomic mass is 35.5. The SMILES string of the molecule is Nn1c(SCc2ccccc2Cl)nnc(Nc2cccc(Cl)c2)c1=O. The number of nitrogens with one attached hydrogen (secondary N) is 1. The minimum absolute atomic E-state index is 0.0202. The number of benzene rings is 2. The van der Waals surface area contributed by atoms with E-state index in [1.807, 2.05) is 18.2 Å². The summed E-state index contributed by atoms with van der Waals surface area (Å²) in [6.07, 6.45) is 0. The monoisotopic (exact) mass is 393 g/mol. The smallest absolute Gasteiger partial charge is 0.315 e. The van der Waals surface area contributed by atoms with Gasteiger partial charge in [0.05, 0.1) is 0 Å². The van der Waals surface area contributed by atoms with E-state index in [0.717, 1.165) is 10.2 Å². The van der Waals surface area contributed by atoms with Crippen LogP contribution in [0.4, 0.5) is 11.5 Å². The van der Waals surface area contributed by atoms with Gasteiger partial charge in [-0.05, 0) is 29.8 Å². The van der Waals surface area contributed by atoms with E-state index < -0.39 is 5.56 Å². The molecule has 128 valence electrons. The fourth-order valence-corrected chi connectivity index (χ4v) is 3.35. The number of hydrogen-bond acceptors (Lipinski definition) is 6. The van der Waals surface area contributed by atoms with Gasteiger partial charge in [0.1, 0.15) is 0 Å². The van der Waals surface area contributed by atoms with Crippen LogP contribution in [0.2, 0.25) is 10.0 Å². The second kappa shape index (κ2) is 7.77. The zero-order valence-corrected chi connectivity index (χ0v) is 15.1. The number of nitrogens with two attached hydrogens (primary N) is 1. The molecule has 3 rings (SSSR count). The van der Waals surface area contributed by atoms with Gasteiger partial charge in [0.2, 0.25) is 11.0 Å². The summed E-state index contributed by atoms with van der Waals surface area (Å²) in [5, 5.41) is 12.3. The molecule has 0 atom stereocenters. The summed E-state index contributed by atoms with van der Waals surface area (Å²) in [6.45, 7) is 0. The highest BCUT2D eigenvalue weighted by Crippen LogP contribution is 2.24. The Bertz CT molecular complexity index is 963. The number of anilines is 2. The Labute approximate surface area is 157 Å². The van der Waals surface area contributed by atoms with Crippen molar-refractivity contribution in [2.75, 3.05) is 11.2 Å². The molecule has 3 aromatic rings. The van der Waals surface area contributed by atoms with Gasteiger partial charge in [0.15, 0.2) is 0 Å². The van der Waals surface area contributed by atoms with Crippen LogP contribution in [0, 0.1) is 0 Å². The predicted octanol–water partition coefficient (Wildman–Crippen LogP) is 3.69. The third-order valence-electron chi connectivity index (χ3n) is 3.26. The Morgan fingerprint density at radius 2 is 1.92 bits per heavy atom. The fraction of sp³-hybridized carbons (Fsp3) is 0.0625. The van der Waals surface area contributed by atoms with E-state index >= 15 is 0 Å². The van der Waals surface area contributed by atoms with Crippen LogP contribution in [0.3, 0.4) is 0 Å². The van der Waals surface area contributed by atoms with Crippen molar-refractivity contribution >= 4 is 46.5 Å². The third-order valence-corrected chi connectivity index (χ3v) is 4.86. The van der Waals surface area contributed by atoms with Crippen LogP contribution in [0.15, 0.2) is 58.5 Å². The van der Waals surface area contributed by atoms with E-state index in [0.29, 0.717) is 26.6 Å². The maximum Gasteiger partial charge on any atom is 0.315 e. The maximum absolute atomic E-state index is 12.4. The van der Waals surface area contributed by atoms with Gasteiger partial charge in [-0.3, -0.25) is 4.79 Å². The molecule has 25 heavy (non-hydrogen) atoms. The minimum Gasteiger partial charge on any atom is -0.334 e. The summed E-state index contributed by atoms with van der Waals surface area (Å²) < 4.78 is 0.960. The van der Waals surface area contributed by atoms with E-state index in [9.17, 15) is 4.79 Å². The Hall–Kier alpha value is -2.22. The van der Waals surface area contributed by atoms with Crippen molar-refractivity contribution in [1.82, 2.24) is 14.9 Å². The topological polar surface area (TPSA) is 85.8 Å². The van der Waals surface area contributed by atoms with E-state index in [-0.39, 0.29) is 5.82 Å². The molecule has 0 aliphatic carbocycles. The summed E-state index contributed by atoms with van der Waals surface area (Å²) >= 11 is 13.3. The Morgan fingerprint density at radius 1 is 1.12 bits per heavy atom. The van der Waals surface area contributed by atoms with Gasteiger partial charge in [-0.15, -0.1) is 10.2 Å². The lowest BCUT2D eigenvalue weighted by Crippen LogP contribution is -2.32. The van der Waals surface area contributed by atoms with Gasteiger partial charge in [0.25, 0.3) is 0 Å². The molecule has 0 fully saturated rings. The molecule has 3 N–H and O–H groups in total. The van der Waals surface area contributed by atoms with Crippen LogP contribution in [0.25, 0.3) is 0 Å². The molecule has 0 bridgehead atoms. The number of thioether (sulfide) groups is 1. The van der Waals surface area contributed by atoms with Crippen LogP contribution in [-0.2, 0) is 5.75 Å². The number of rotatable bonds is 5. The van der Waals surface area contributed by atoms with Crippen LogP contribution >= 0.6 is 35.0 Å². The predicted molar refractivity (Wildman–Crippen MR) is 102 cm³/mol. The molecular formula is C16H13Cl2N5OS. The molecule has 1 aromatic heterocycles. The molecule has 1 heterocycles. The molecule has 0 aliphatic heterocycles. The van der Waals surface area contributed by atoms with Gasteiger partial charge in [-0.1, -0.05) is 59.2 Å². The second-order valence-corrected chi connectivity index (χ2v) is 6.81. The third kappa shape index (κ3) is 4.25. The lowest BCUT2D eigenvalue weighted by molar-refractivity contribution is 0.705. The number of hydrogen-bond donors (Lipinski definition) is 2. The number of nitrogens with zero attached hydrogens (tertiary/aromatic N) is 3. The van der Waals surface area contributed by atoms with Crippen molar-refractivity contribution < 1.29 is 0 Å². The van der Waals surface area contributed by atoms with Crippen molar-refractivity contribution in [3.63, 3.8) is 0 Å². The van der Waals surface area contributed by atoms with Gasteiger partial charge in [-0.2, -0.15) is 4.68 Å². The highest BCUT2D eigenvalue weighted by Gasteiger charge is 2.12. The van der Waals surface area contributed by atoms with Crippen molar-refractivity contribution in [3.8, 4) is 0 Å². The van der Waals surface area contributed by atoms with Crippen molar-refractivity contribution in [2.24, 2.45) is 0 Å². The number of aromatic nitrogens is 3. The molecule has 2 aromatic carbocycles. The van der Waals surface area contributed by atoms with Crippen LogP contribution in [0.5, 0.6) is 0 Å². The van der Waals surface area contributed by atoms with E-state index in [1.165, 1.54) is 11.8 Å². The first-order valence-electron chi connectivity index (χ1n) is 7.18. The molecular weight excluding hydrogens is 381 g/mol. The average molecular weight is 394 g/mol. The van der Waals surface area contributed by atoms with Gasteiger partial charge >= 0.3 is 5.56 Å². The fourth-order valence-electron chi connectivity index (χ4n) is 2.02. The molecule has 9 heteroatoms. The Balaban J connectivity index is 1.78. The molecule has 0 spiro atoms. The van der Waals surface area contributed by atoms with Gasteiger partial charge in [0, 0.05) is 21.5 Å². The molecule has 0 radical (unpaired) electrons. The first kappa shape index (κ1) is 17.6. The summed E-state index contributed by atoms with van der Waals surface area (Å²) in [7, 11) is 0. The van der Waals surface area contributed by atoms with E-state index in [4.69, 9.17) is 29.0 Å². The standard InChI is InChI=1S/C16H13Cl2N5OS/c17-11-5-3-6-12(8-11)20-14-15(24)23(19)16(22-21-14)25-9-10-4-1-2-7-13(10)18/h1-8H,9,19H2,(H,20,21). The zero-order valence-electron chi connectivity index (χ0n) is 12.8. The summed E-state index contributed by atoms with van der Waals surface area (Å²) in [6, 6.07) is 14.4. The number of nitrogen functional groups attached to an aromatic ring is 1. The summed E-state index contributed by atoms with van der Waals surface area (Å²) in [4.78, 5) is 12.4. The second-order valence-electron chi connectivity index (χ2n) is 5.02. The van der Waals surface area contributed by atoms with Crippen LogP contribution < -0.4 is 16.7 Å². The van der Waals surface area contributed by atoms with E-state index in [2.05, 4.69) is 15.5 Å². The first-order valence-corrected chi connectivity index (χ1v) is 8.92. The first-order chi connectivity index (χ1) is 12.0. The largest absolute Gasteiger partial charge is 0.334 e. The summed E-state index contributed by atoms with van der Waals surface area (Å²) in [5.74, 6) is 6.39. The van der Waals surface area contributed by atoms with Crippen LogP contribution in [0.1, 0.15) is 5.56 Å². The molecule has 0 amide bonds. The minimum atomic E-state index is -0.489. The molecule has 0 aliphatic rings. The van der Waals surface area contributed by atoms with Gasteiger partial charge in [-0.25, -0.2) is 0 Å². The summed E-state index contributed by atoms with van der Waals surface area (Å²) in [5.41, 5.74) is 1.05. The molecule has 0 unspecified atom stereocenters. The van der Waals surface area contributed by atoms with E-state index in [1.54, 1.807) is 30.3 Å². The Morgan fingerprint density at radius 3 is 2.68 bits per heavy atom. The highest BCUT2D eigenvalue weighted by molar-refractivity contribution is 7.98. The normalized spacial score (nSPS) is 10.6. The lowest BCUT2D eigenvalue weighted by Gasteiger charge is -2.09. The molecule has 0 saturated heterocycles. The van der Waals surface area contributed by atoms with Crippen LogP contribution in [-0.4, -0.2) is 14.9 Å². The van der Waals surface area contributed by atoms with Crippen molar-refractivity contribution in [3.05, 3.63) is 74.5 Å². The molecule has 6 nitrogen and oxygen atoms in total.